The molecule has 0 radical (unpaired) electrons. The van der Waals surface area contributed by atoms with E-state index in [1.54, 1.807) is 7.05 Å². The van der Waals surface area contributed by atoms with Gasteiger partial charge in [-0.25, -0.2) is 0 Å². The van der Waals surface area contributed by atoms with Crippen molar-refractivity contribution in [2.24, 2.45) is 0 Å². The standard InChI is InChI=1S/C16H24N2O2S/c1-12(21-13-9-7-6-8-10-13)15(20)18(5)11-14(19)17-16(2,3)4/h6-10,12H,11H2,1-5H3,(H,17,19). The molecule has 4 nitrogen and oxygen atoms in total. The van der Waals surface area contributed by atoms with Gasteiger partial charge in [-0.1, -0.05) is 18.2 Å². The fourth-order valence-corrected chi connectivity index (χ4v) is 2.82. The summed E-state index contributed by atoms with van der Waals surface area (Å²) in [6.45, 7) is 7.69. The van der Waals surface area contributed by atoms with Crippen molar-refractivity contribution in [3.05, 3.63) is 30.3 Å². The van der Waals surface area contributed by atoms with Crippen LogP contribution in [-0.2, 0) is 9.59 Å². The second kappa shape index (κ2) is 7.50. The van der Waals surface area contributed by atoms with Gasteiger partial charge in [-0.3, -0.25) is 9.59 Å². The topological polar surface area (TPSA) is 49.4 Å². The fourth-order valence-electron chi connectivity index (χ4n) is 1.82. The number of amides is 2. The number of thioether (sulfide) groups is 1. The van der Waals surface area contributed by atoms with Gasteiger partial charge in [0.1, 0.15) is 0 Å². The Bertz CT molecular complexity index is 483. The molecule has 0 fully saturated rings. The minimum atomic E-state index is -0.286. The summed E-state index contributed by atoms with van der Waals surface area (Å²) in [4.78, 5) is 26.6. The van der Waals surface area contributed by atoms with Crippen LogP contribution in [0.15, 0.2) is 35.2 Å². The molecule has 21 heavy (non-hydrogen) atoms. The number of nitrogens with zero attached hydrogens (tertiary/aromatic N) is 1. The predicted molar refractivity (Wildman–Crippen MR) is 87.3 cm³/mol. The third-order valence-corrected chi connectivity index (χ3v) is 3.77. The highest BCUT2D eigenvalue weighted by Crippen LogP contribution is 2.23. The maximum absolute atomic E-state index is 12.3. The van der Waals surface area contributed by atoms with Crippen LogP contribution in [-0.4, -0.2) is 41.1 Å². The molecule has 1 unspecified atom stereocenters. The largest absolute Gasteiger partial charge is 0.350 e. The molecule has 0 aromatic heterocycles. The first-order chi connectivity index (χ1) is 9.69. The van der Waals surface area contributed by atoms with E-state index in [9.17, 15) is 9.59 Å². The fraction of sp³-hybridized carbons (Fsp3) is 0.500. The molecule has 1 N–H and O–H groups in total. The lowest BCUT2D eigenvalue weighted by molar-refractivity contribution is -0.134. The van der Waals surface area contributed by atoms with Gasteiger partial charge in [-0.05, 0) is 39.8 Å². The Morgan fingerprint density at radius 1 is 1.24 bits per heavy atom. The maximum atomic E-state index is 12.3. The van der Waals surface area contributed by atoms with Gasteiger partial charge in [0.15, 0.2) is 0 Å². The third-order valence-electron chi connectivity index (χ3n) is 2.68. The SMILES string of the molecule is CC(Sc1ccccc1)C(=O)N(C)CC(=O)NC(C)(C)C. The van der Waals surface area contributed by atoms with Crippen LogP contribution in [0.2, 0.25) is 0 Å². The lowest BCUT2D eigenvalue weighted by Gasteiger charge is -2.24. The molecule has 0 bridgehead atoms. The number of benzene rings is 1. The first-order valence-electron chi connectivity index (χ1n) is 6.97. The minimum absolute atomic E-state index is 0.0482. The summed E-state index contributed by atoms with van der Waals surface area (Å²) in [6.07, 6.45) is 0. The van der Waals surface area contributed by atoms with E-state index in [1.165, 1.54) is 16.7 Å². The number of rotatable bonds is 5. The first-order valence-corrected chi connectivity index (χ1v) is 7.85. The van der Waals surface area contributed by atoms with Crippen molar-refractivity contribution >= 4 is 23.6 Å². The number of hydrogen-bond donors (Lipinski definition) is 1. The Labute approximate surface area is 131 Å². The van der Waals surface area contributed by atoms with Gasteiger partial charge in [0, 0.05) is 17.5 Å². The average Bonchev–Trinajstić information content (AvgIpc) is 2.36. The van der Waals surface area contributed by atoms with Gasteiger partial charge in [0.25, 0.3) is 0 Å². The van der Waals surface area contributed by atoms with Crippen molar-refractivity contribution in [3.8, 4) is 0 Å². The van der Waals surface area contributed by atoms with E-state index in [4.69, 9.17) is 0 Å². The summed E-state index contributed by atoms with van der Waals surface area (Å²) in [5, 5.41) is 2.63. The Balaban J connectivity index is 2.52. The zero-order valence-corrected chi connectivity index (χ0v) is 14.2. The van der Waals surface area contributed by atoms with Crippen LogP contribution in [0.4, 0.5) is 0 Å². The van der Waals surface area contributed by atoms with Crippen molar-refractivity contribution in [2.45, 2.75) is 43.4 Å². The Kier molecular flexibility index (Phi) is 6.27. The third kappa shape index (κ3) is 6.67. The molecule has 1 atom stereocenters. The number of carbonyl (C=O) groups excluding carboxylic acids is 2. The summed E-state index contributed by atoms with van der Waals surface area (Å²) in [5.74, 6) is -0.192. The molecule has 116 valence electrons. The summed E-state index contributed by atoms with van der Waals surface area (Å²) in [7, 11) is 1.66. The van der Waals surface area contributed by atoms with Crippen molar-refractivity contribution in [1.29, 1.82) is 0 Å². The van der Waals surface area contributed by atoms with Crippen molar-refractivity contribution in [2.75, 3.05) is 13.6 Å². The second-order valence-corrected chi connectivity index (χ2v) is 7.48. The van der Waals surface area contributed by atoms with E-state index in [0.29, 0.717) is 0 Å². The van der Waals surface area contributed by atoms with E-state index in [-0.39, 0.29) is 29.1 Å². The molecule has 0 heterocycles. The highest BCUT2D eigenvalue weighted by Gasteiger charge is 2.22. The number of hydrogen-bond acceptors (Lipinski definition) is 3. The van der Waals surface area contributed by atoms with E-state index in [0.717, 1.165) is 4.90 Å². The lowest BCUT2D eigenvalue weighted by Crippen LogP contribution is -2.47. The second-order valence-electron chi connectivity index (χ2n) is 6.07. The summed E-state index contributed by atoms with van der Waals surface area (Å²) >= 11 is 1.50. The van der Waals surface area contributed by atoms with Crippen LogP contribution in [0.1, 0.15) is 27.7 Å². The maximum Gasteiger partial charge on any atom is 0.240 e. The molecule has 0 spiro atoms. The van der Waals surface area contributed by atoms with Crippen molar-refractivity contribution in [1.82, 2.24) is 10.2 Å². The smallest absolute Gasteiger partial charge is 0.240 e. The van der Waals surface area contributed by atoms with Crippen molar-refractivity contribution in [3.63, 3.8) is 0 Å². The van der Waals surface area contributed by atoms with E-state index in [2.05, 4.69) is 5.32 Å². The zero-order valence-electron chi connectivity index (χ0n) is 13.3. The molecule has 5 heteroatoms. The molecular formula is C16H24N2O2S. The summed E-state index contributed by atoms with van der Waals surface area (Å²) in [6, 6.07) is 9.78. The van der Waals surface area contributed by atoms with Gasteiger partial charge in [0.05, 0.1) is 11.8 Å². The Morgan fingerprint density at radius 3 is 2.33 bits per heavy atom. The lowest BCUT2D eigenvalue weighted by atomic mass is 10.1. The number of carbonyl (C=O) groups is 2. The molecular weight excluding hydrogens is 284 g/mol. The first kappa shape index (κ1) is 17.6. The van der Waals surface area contributed by atoms with E-state index >= 15 is 0 Å². The average molecular weight is 308 g/mol. The van der Waals surface area contributed by atoms with Crippen LogP contribution >= 0.6 is 11.8 Å². The normalized spacial score (nSPS) is 12.6. The highest BCUT2D eigenvalue weighted by atomic mass is 32.2. The van der Waals surface area contributed by atoms with Crippen LogP contribution in [0.5, 0.6) is 0 Å². The van der Waals surface area contributed by atoms with Crippen LogP contribution < -0.4 is 5.32 Å². The molecule has 1 rings (SSSR count). The van der Waals surface area contributed by atoms with Crippen LogP contribution in [0.25, 0.3) is 0 Å². The Hall–Kier alpha value is -1.49. The van der Waals surface area contributed by atoms with Gasteiger partial charge in [-0.2, -0.15) is 0 Å². The van der Waals surface area contributed by atoms with Gasteiger partial charge >= 0.3 is 0 Å². The molecule has 0 saturated heterocycles. The minimum Gasteiger partial charge on any atom is -0.350 e. The summed E-state index contributed by atoms with van der Waals surface area (Å²) in [5.41, 5.74) is -0.286. The number of likely N-dealkylation sites (N-methyl/N-ethyl adjacent to an activating group) is 1. The molecule has 2 amide bonds. The predicted octanol–water partition coefficient (Wildman–Crippen LogP) is 2.54. The van der Waals surface area contributed by atoms with Gasteiger partial charge < -0.3 is 10.2 Å². The molecule has 1 aromatic rings. The van der Waals surface area contributed by atoms with Gasteiger partial charge in [0.2, 0.25) is 11.8 Å². The molecule has 0 aliphatic rings. The van der Waals surface area contributed by atoms with Gasteiger partial charge in [-0.15, -0.1) is 11.8 Å². The van der Waals surface area contributed by atoms with Crippen LogP contribution in [0.3, 0.4) is 0 Å². The zero-order chi connectivity index (χ0) is 16.0. The molecule has 0 aliphatic carbocycles. The molecule has 0 saturated carbocycles. The quantitative estimate of drug-likeness (QED) is 0.851. The van der Waals surface area contributed by atoms with Crippen molar-refractivity contribution < 1.29 is 9.59 Å². The Morgan fingerprint density at radius 2 is 1.81 bits per heavy atom. The highest BCUT2D eigenvalue weighted by molar-refractivity contribution is 8.00. The molecule has 0 aliphatic heterocycles. The monoisotopic (exact) mass is 308 g/mol. The summed E-state index contributed by atoms with van der Waals surface area (Å²) < 4.78 is 0. The molecule has 1 aromatic carbocycles. The van der Waals surface area contributed by atoms with Crippen LogP contribution in [0, 0.1) is 0 Å². The van der Waals surface area contributed by atoms with E-state index in [1.807, 2.05) is 58.0 Å². The van der Waals surface area contributed by atoms with E-state index < -0.39 is 0 Å². The number of nitrogens with one attached hydrogen (secondary N) is 1.